The van der Waals surface area contributed by atoms with Gasteiger partial charge in [0, 0.05) is 12.0 Å². The number of carbonyl (C=O) groups is 1. The molecule has 1 rings (SSSR count). The van der Waals surface area contributed by atoms with Crippen LogP contribution in [-0.2, 0) is 0 Å². The van der Waals surface area contributed by atoms with Crippen LogP contribution in [0.25, 0.3) is 0 Å². The highest BCUT2D eigenvalue weighted by atomic mass is 35.5. The van der Waals surface area contributed by atoms with E-state index in [2.05, 4.69) is 13.8 Å². The van der Waals surface area contributed by atoms with Crippen molar-refractivity contribution < 1.29 is 9.18 Å². The predicted molar refractivity (Wildman–Crippen MR) is 64.5 cm³/mol. The summed E-state index contributed by atoms with van der Waals surface area (Å²) >= 11 is 5.85. The van der Waals surface area contributed by atoms with E-state index < -0.39 is 0 Å². The number of benzene rings is 1. The van der Waals surface area contributed by atoms with Crippen molar-refractivity contribution in [2.24, 2.45) is 5.92 Å². The van der Waals surface area contributed by atoms with Crippen molar-refractivity contribution >= 4 is 17.4 Å². The summed E-state index contributed by atoms with van der Waals surface area (Å²) in [5.41, 5.74) is 0.888. The molecule has 0 aliphatic heterocycles. The van der Waals surface area contributed by atoms with Gasteiger partial charge in [0.05, 0.1) is 5.02 Å². The highest BCUT2D eigenvalue weighted by Crippen LogP contribution is 2.22. The molecule has 1 aromatic carbocycles. The Balaban J connectivity index is 2.87. The lowest BCUT2D eigenvalue weighted by molar-refractivity contribution is 0.0975. The van der Waals surface area contributed by atoms with Crippen LogP contribution in [0.2, 0.25) is 5.02 Å². The lowest BCUT2D eigenvalue weighted by atomic mass is 10.00. The van der Waals surface area contributed by atoms with Crippen molar-refractivity contribution in [2.75, 3.05) is 0 Å². The number of hydrogen-bond donors (Lipinski definition) is 0. The Morgan fingerprint density at radius 3 is 2.62 bits per heavy atom. The molecule has 0 amide bonds. The number of rotatable bonds is 4. The van der Waals surface area contributed by atoms with E-state index in [1.165, 1.54) is 12.1 Å². The molecule has 0 unspecified atom stereocenters. The largest absolute Gasteiger partial charge is 0.294 e. The zero-order valence-corrected chi connectivity index (χ0v) is 10.6. The van der Waals surface area contributed by atoms with Gasteiger partial charge in [-0.15, -0.1) is 0 Å². The summed E-state index contributed by atoms with van der Waals surface area (Å²) < 4.78 is 13.1. The molecular weight excluding hydrogens is 227 g/mol. The van der Waals surface area contributed by atoms with Crippen LogP contribution in [0.5, 0.6) is 0 Å². The first-order chi connectivity index (χ1) is 7.41. The van der Waals surface area contributed by atoms with Crippen LogP contribution in [0.1, 0.15) is 42.6 Å². The number of Topliss-reactive ketones (excluding diaryl/α,β-unsaturated/α-hetero) is 1. The summed E-state index contributed by atoms with van der Waals surface area (Å²) in [6.07, 6.45) is 1.29. The van der Waals surface area contributed by atoms with Crippen LogP contribution in [0.3, 0.4) is 0 Å². The fourth-order valence-corrected chi connectivity index (χ4v) is 1.68. The molecule has 1 aromatic rings. The van der Waals surface area contributed by atoms with Crippen molar-refractivity contribution in [3.8, 4) is 0 Å². The maximum atomic E-state index is 13.1. The Morgan fingerprint density at radius 2 is 2.06 bits per heavy atom. The van der Waals surface area contributed by atoms with E-state index in [1.807, 2.05) is 0 Å². The molecule has 0 aliphatic carbocycles. The van der Waals surface area contributed by atoms with E-state index in [4.69, 9.17) is 11.6 Å². The minimum atomic E-state index is -0.370. The van der Waals surface area contributed by atoms with Gasteiger partial charge in [0.2, 0.25) is 0 Å². The van der Waals surface area contributed by atoms with Gasteiger partial charge in [-0.1, -0.05) is 25.4 Å². The van der Waals surface area contributed by atoms with Crippen molar-refractivity contribution in [1.29, 1.82) is 0 Å². The van der Waals surface area contributed by atoms with E-state index in [0.29, 0.717) is 23.5 Å². The monoisotopic (exact) mass is 242 g/mol. The van der Waals surface area contributed by atoms with Gasteiger partial charge in [-0.2, -0.15) is 0 Å². The third kappa shape index (κ3) is 3.31. The third-order valence-electron chi connectivity index (χ3n) is 2.50. The molecule has 16 heavy (non-hydrogen) atoms. The normalized spacial score (nSPS) is 10.9. The third-order valence-corrected chi connectivity index (χ3v) is 2.81. The molecule has 0 fully saturated rings. The molecular formula is C13H16ClFO. The summed E-state index contributed by atoms with van der Waals surface area (Å²) in [6.45, 7) is 5.75. The average Bonchev–Trinajstić information content (AvgIpc) is 2.20. The Morgan fingerprint density at radius 1 is 1.44 bits per heavy atom. The topological polar surface area (TPSA) is 17.1 Å². The Hall–Kier alpha value is -0.890. The molecule has 3 heteroatoms. The fraction of sp³-hybridized carbons (Fsp3) is 0.462. The first kappa shape index (κ1) is 13.2. The molecule has 0 aliphatic rings. The maximum Gasteiger partial charge on any atom is 0.164 e. The van der Waals surface area contributed by atoms with Crippen LogP contribution in [0.4, 0.5) is 4.39 Å². The number of halogens is 2. The van der Waals surface area contributed by atoms with Gasteiger partial charge in [0.15, 0.2) is 5.78 Å². The minimum Gasteiger partial charge on any atom is -0.294 e. The van der Waals surface area contributed by atoms with E-state index in [9.17, 15) is 9.18 Å². The van der Waals surface area contributed by atoms with E-state index in [1.54, 1.807) is 6.92 Å². The Labute approximate surface area is 101 Å². The first-order valence-corrected chi connectivity index (χ1v) is 5.78. The highest BCUT2D eigenvalue weighted by Gasteiger charge is 2.13. The molecule has 0 atom stereocenters. The molecule has 0 bridgehead atoms. The van der Waals surface area contributed by atoms with Crippen LogP contribution >= 0.6 is 11.6 Å². The quantitative estimate of drug-likeness (QED) is 0.715. The van der Waals surface area contributed by atoms with Gasteiger partial charge in [-0.25, -0.2) is 4.39 Å². The maximum absolute atomic E-state index is 13.1. The SMILES string of the molecule is Cc1cc(C(=O)CCC(C)C)c(Cl)cc1F. The lowest BCUT2D eigenvalue weighted by Gasteiger charge is -2.07. The Bertz CT molecular complexity index is 399. The fourth-order valence-electron chi connectivity index (χ4n) is 1.43. The van der Waals surface area contributed by atoms with Crippen molar-refractivity contribution in [1.82, 2.24) is 0 Å². The van der Waals surface area contributed by atoms with E-state index in [0.717, 1.165) is 6.42 Å². The van der Waals surface area contributed by atoms with Gasteiger partial charge in [-0.3, -0.25) is 4.79 Å². The Kier molecular flexibility index (Phi) is 4.48. The molecule has 0 heterocycles. The molecule has 0 radical (unpaired) electrons. The average molecular weight is 243 g/mol. The zero-order valence-electron chi connectivity index (χ0n) is 9.81. The van der Waals surface area contributed by atoms with Gasteiger partial charge in [0.1, 0.15) is 5.82 Å². The summed E-state index contributed by atoms with van der Waals surface area (Å²) in [5, 5.41) is 0.205. The van der Waals surface area contributed by atoms with Crippen LogP contribution < -0.4 is 0 Å². The van der Waals surface area contributed by atoms with Crippen molar-refractivity contribution in [2.45, 2.75) is 33.6 Å². The minimum absolute atomic E-state index is 0.0122. The molecule has 0 N–H and O–H groups in total. The molecule has 0 saturated heterocycles. The van der Waals surface area contributed by atoms with Gasteiger partial charge in [-0.05, 0) is 37.0 Å². The first-order valence-electron chi connectivity index (χ1n) is 5.40. The number of aryl methyl sites for hydroxylation is 1. The molecule has 88 valence electrons. The molecule has 0 spiro atoms. The summed E-state index contributed by atoms with van der Waals surface area (Å²) in [6, 6.07) is 2.74. The second-order valence-corrected chi connectivity index (χ2v) is 4.84. The molecule has 1 nitrogen and oxygen atoms in total. The predicted octanol–water partition coefficient (Wildman–Crippen LogP) is 4.41. The molecule has 0 aromatic heterocycles. The molecule has 0 saturated carbocycles. The second-order valence-electron chi connectivity index (χ2n) is 4.44. The number of ketones is 1. The van der Waals surface area contributed by atoms with Crippen LogP contribution in [0.15, 0.2) is 12.1 Å². The summed E-state index contributed by atoms with van der Waals surface area (Å²) in [4.78, 5) is 11.8. The standard InChI is InChI=1S/C13H16ClFO/c1-8(2)4-5-13(16)10-6-9(3)12(15)7-11(10)14/h6-8H,4-5H2,1-3H3. The van der Waals surface area contributed by atoms with E-state index in [-0.39, 0.29) is 16.6 Å². The lowest BCUT2D eigenvalue weighted by Crippen LogP contribution is -2.03. The zero-order chi connectivity index (χ0) is 12.3. The number of carbonyl (C=O) groups excluding carboxylic acids is 1. The van der Waals surface area contributed by atoms with Crippen molar-refractivity contribution in [3.63, 3.8) is 0 Å². The van der Waals surface area contributed by atoms with Crippen molar-refractivity contribution in [3.05, 3.63) is 34.1 Å². The van der Waals surface area contributed by atoms with Gasteiger partial charge < -0.3 is 0 Å². The smallest absolute Gasteiger partial charge is 0.164 e. The van der Waals surface area contributed by atoms with E-state index >= 15 is 0 Å². The summed E-state index contributed by atoms with van der Waals surface area (Å²) in [5.74, 6) is 0.0940. The van der Waals surface area contributed by atoms with Gasteiger partial charge in [0.25, 0.3) is 0 Å². The van der Waals surface area contributed by atoms with Crippen LogP contribution in [0, 0.1) is 18.7 Å². The van der Waals surface area contributed by atoms with Gasteiger partial charge >= 0.3 is 0 Å². The summed E-state index contributed by atoms with van der Waals surface area (Å²) in [7, 11) is 0. The highest BCUT2D eigenvalue weighted by molar-refractivity contribution is 6.34. The van der Waals surface area contributed by atoms with Crippen LogP contribution in [-0.4, -0.2) is 5.78 Å². The number of hydrogen-bond acceptors (Lipinski definition) is 1. The second kappa shape index (κ2) is 5.44.